The number of ether oxygens (including phenoxy) is 1. The summed E-state index contributed by atoms with van der Waals surface area (Å²) in [5.41, 5.74) is 11.0. The average Bonchev–Trinajstić information content (AvgIpc) is 2.74. The van der Waals surface area contributed by atoms with Crippen LogP contribution in [0.1, 0.15) is 49.7 Å². The lowest BCUT2D eigenvalue weighted by Crippen LogP contribution is -2.31. The number of hydrogen-bond acceptors (Lipinski definition) is 5. The smallest absolute Gasteiger partial charge is 0.198 e. The van der Waals surface area contributed by atoms with Crippen molar-refractivity contribution in [2.24, 2.45) is 10.9 Å². The molecule has 1 saturated carbocycles. The lowest BCUT2D eigenvalue weighted by atomic mass is 9.84. The molecule has 0 bridgehead atoms. The first-order valence-electron chi connectivity index (χ1n) is 10.9. The minimum atomic E-state index is -0.0421. The molecule has 1 heterocycles. The Morgan fingerprint density at radius 3 is 2.79 bits per heavy atom. The molecule has 1 fully saturated rings. The van der Waals surface area contributed by atoms with Crippen LogP contribution < -0.4 is 5.73 Å². The van der Waals surface area contributed by atoms with Gasteiger partial charge in [-0.1, -0.05) is 24.3 Å². The van der Waals surface area contributed by atoms with Gasteiger partial charge in [0.1, 0.15) is 6.61 Å². The Morgan fingerprint density at radius 1 is 1.31 bits per heavy atom. The van der Waals surface area contributed by atoms with Gasteiger partial charge in [-0.2, -0.15) is 0 Å². The maximum Gasteiger partial charge on any atom is 0.198 e. The summed E-state index contributed by atoms with van der Waals surface area (Å²) in [5.74, 6) is 0.744. The number of aliphatic imine (C=N–C) groups is 1. The highest BCUT2D eigenvalue weighted by atomic mass is 16.5. The third-order valence-electron chi connectivity index (χ3n) is 6.35. The van der Waals surface area contributed by atoms with E-state index in [9.17, 15) is 4.79 Å². The molecule has 5 nitrogen and oxygen atoms in total. The van der Waals surface area contributed by atoms with Gasteiger partial charge in [0.25, 0.3) is 0 Å². The zero-order valence-electron chi connectivity index (χ0n) is 17.9. The average molecular weight is 398 g/mol. The number of nitrogen functional groups attached to an aromatic ring is 1. The Kier molecular flexibility index (Phi) is 8.01. The molecule has 1 aromatic carbocycles. The van der Waals surface area contributed by atoms with Gasteiger partial charge in [-0.15, -0.1) is 0 Å². The molecule has 0 saturated heterocycles. The molecule has 1 aromatic rings. The Balaban J connectivity index is 1.39. The number of para-hydroxylation sites is 1. The quantitative estimate of drug-likeness (QED) is 0.534. The van der Waals surface area contributed by atoms with Gasteiger partial charge in [0.2, 0.25) is 0 Å². The second-order valence-corrected chi connectivity index (χ2v) is 8.46. The van der Waals surface area contributed by atoms with Crippen LogP contribution >= 0.6 is 0 Å². The van der Waals surface area contributed by atoms with Crippen molar-refractivity contribution in [2.45, 2.75) is 51.5 Å². The number of aryl methyl sites for hydroxylation is 1. The van der Waals surface area contributed by atoms with E-state index in [4.69, 9.17) is 10.5 Å². The molecular formula is C24H35N3O2. The summed E-state index contributed by atoms with van der Waals surface area (Å²) < 4.78 is 4.84. The first-order valence-corrected chi connectivity index (χ1v) is 10.9. The standard InChI is InChI=1S/C24H35N3O2/c1-18-4-3-5-23(24(18)25)20-11-14-27(15-12-20)13-10-19-6-8-21(9-7-19)26-16-22(28)17-29-2/h3-5,11,16,19,21H,6-10,12-15,17,25H2,1-2H3. The van der Waals surface area contributed by atoms with Crippen molar-refractivity contribution in [3.8, 4) is 0 Å². The Labute approximate surface area is 175 Å². The highest BCUT2D eigenvalue weighted by molar-refractivity contribution is 6.28. The highest BCUT2D eigenvalue weighted by Gasteiger charge is 2.22. The van der Waals surface area contributed by atoms with Gasteiger partial charge in [0.05, 0.1) is 12.3 Å². The van der Waals surface area contributed by atoms with Crippen LogP contribution in [0.25, 0.3) is 5.57 Å². The maximum absolute atomic E-state index is 11.5. The van der Waals surface area contributed by atoms with Crippen LogP contribution in [-0.2, 0) is 9.53 Å². The number of rotatable bonds is 8. The van der Waals surface area contributed by atoms with E-state index in [0.717, 1.165) is 56.1 Å². The Hall–Kier alpha value is -1.98. The molecule has 0 aromatic heterocycles. The number of carbonyl (C=O) groups is 1. The van der Waals surface area contributed by atoms with Crippen LogP contribution in [0.2, 0.25) is 0 Å². The Morgan fingerprint density at radius 2 is 2.10 bits per heavy atom. The number of nitrogens with zero attached hydrogens (tertiary/aromatic N) is 2. The van der Waals surface area contributed by atoms with Crippen molar-refractivity contribution < 1.29 is 9.53 Å². The van der Waals surface area contributed by atoms with E-state index in [1.165, 1.54) is 43.7 Å². The monoisotopic (exact) mass is 397 g/mol. The van der Waals surface area contributed by atoms with Crippen molar-refractivity contribution >= 4 is 23.3 Å². The fourth-order valence-corrected chi connectivity index (χ4v) is 4.44. The molecule has 0 unspecified atom stereocenters. The summed E-state index contributed by atoms with van der Waals surface area (Å²) in [4.78, 5) is 18.5. The number of carbonyl (C=O) groups excluding carboxylic acids is 1. The van der Waals surface area contributed by atoms with Crippen LogP contribution in [0, 0.1) is 12.8 Å². The zero-order valence-corrected chi connectivity index (χ0v) is 17.9. The van der Waals surface area contributed by atoms with E-state index < -0.39 is 0 Å². The molecular weight excluding hydrogens is 362 g/mol. The van der Waals surface area contributed by atoms with Gasteiger partial charge in [0, 0.05) is 31.5 Å². The maximum atomic E-state index is 11.5. The predicted octanol–water partition coefficient (Wildman–Crippen LogP) is 3.90. The summed E-state index contributed by atoms with van der Waals surface area (Å²) in [7, 11) is 1.54. The second-order valence-electron chi connectivity index (χ2n) is 8.46. The molecule has 0 radical (unpaired) electrons. The van der Waals surface area contributed by atoms with Crippen LogP contribution in [0.15, 0.2) is 29.3 Å². The summed E-state index contributed by atoms with van der Waals surface area (Å²) in [5, 5.41) is 0. The fraction of sp³-hybridized carbons (Fsp3) is 0.583. The highest BCUT2D eigenvalue weighted by Crippen LogP contribution is 2.31. The summed E-state index contributed by atoms with van der Waals surface area (Å²) in [6.45, 7) is 5.50. The van der Waals surface area contributed by atoms with Crippen molar-refractivity contribution in [3.05, 3.63) is 35.4 Å². The van der Waals surface area contributed by atoms with E-state index >= 15 is 0 Å². The van der Waals surface area contributed by atoms with E-state index in [0.29, 0.717) is 6.04 Å². The molecule has 0 amide bonds. The molecule has 5 heteroatoms. The van der Waals surface area contributed by atoms with Crippen molar-refractivity contribution in [1.82, 2.24) is 4.90 Å². The number of anilines is 1. The molecule has 29 heavy (non-hydrogen) atoms. The third-order valence-corrected chi connectivity index (χ3v) is 6.35. The van der Waals surface area contributed by atoms with Gasteiger partial charge in [-0.25, -0.2) is 0 Å². The third kappa shape index (κ3) is 6.25. The van der Waals surface area contributed by atoms with Crippen LogP contribution in [0.5, 0.6) is 0 Å². The van der Waals surface area contributed by atoms with Gasteiger partial charge in [-0.3, -0.25) is 14.7 Å². The number of hydrogen-bond donors (Lipinski definition) is 1. The van der Waals surface area contributed by atoms with Gasteiger partial charge in [0.15, 0.2) is 5.78 Å². The SMILES string of the molecule is COCC(=O)C=NC1CCC(CCN2CC=C(c3cccc(C)c3N)CC2)CC1. The van der Waals surface area contributed by atoms with Gasteiger partial charge in [-0.05, 0) is 69.0 Å². The number of benzene rings is 1. The minimum Gasteiger partial charge on any atom is -0.398 e. The van der Waals surface area contributed by atoms with Crippen LogP contribution in [0.4, 0.5) is 5.69 Å². The summed E-state index contributed by atoms with van der Waals surface area (Å²) in [6.07, 6.45) is 10.8. The number of ketones is 1. The zero-order chi connectivity index (χ0) is 20.6. The molecule has 158 valence electrons. The lowest BCUT2D eigenvalue weighted by Gasteiger charge is -2.31. The van der Waals surface area contributed by atoms with Crippen LogP contribution in [0.3, 0.4) is 0 Å². The second kappa shape index (κ2) is 10.7. The molecule has 0 atom stereocenters. The topological polar surface area (TPSA) is 67.9 Å². The molecule has 2 aliphatic rings. The number of nitrogens with two attached hydrogens (primary N) is 1. The van der Waals surface area contributed by atoms with E-state index in [1.54, 1.807) is 0 Å². The molecule has 3 rings (SSSR count). The minimum absolute atomic E-state index is 0.0421. The van der Waals surface area contributed by atoms with Crippen LogP contribution in [-0.4, -0.2) is 56.3 Å². The first kappa shape index (κ1) is 21.7. The Bertz CT molecular complexity index is 748. The molecule has 1 aliphatic heterocycles. The lowest BCUT2D eigenvalue weighted by molar-refractivity contribution is -0.115. The van der Waals surface area contributed by atoms with Gasteiger partial charge >= 0.3 is 0 Å². The normalized spacial score (nSPS) is 23.3. The van der Waals surface area contributed by atoms with E-state index in [1.807, 2.05) is 0 Å². The number of Topliss-reactive ketones (excluding diaryl/α,β-unsaturated/α-hetero) is 1. The molecule has 1 aliphatic carbocycles. The van der Waals surface area contributed by atoms with Crippen molar-refractivity contribution in [1.29, 1.82) is 0 Å². The summed E-state index contributed by atoms with van der Waals surface area (Å²) >= 11 is 0. The van der Waals surface area contributed by atoms with E-state index in [2.05, 4.69) is 41.1 Å². The molecule has 0 spiro atoms. The van der Waals surface area contributed by atoms with Crippen molar-refractivity contribution in [2.75, 3.05) is 39.1 Å². The summed E-state index contributed by atoms with van der Waals surface area (Å²) in [6, 6.07) is 6.63. The largest absolute Gasteiger partial charge is 0.398 e. The first-order chi connectivity index (χ1) is 14.1. The van der Waals surface area contributed by atoms with E-state index in [-0.39, 0.29) is 12.4 Å². The predicted molar refractivity (Wildman–Crippen MR) is 120 cm³/mol. The van der Waals surface area contributed by atoms with Gasteiger partial charge < -0.3 is 10.5 Å². The number of methoxy groups -OCH3 is 1. The molecule has 2 N–H and O–H groups in total. The van der Waals surface area contributed by atoms with Crippen molar-refractivity contribution in [3.63, 3.8) is 0 Å². The fourth-order valence-electron chi connectivity index (χ4n) is 4.44.